The van der Waals surface area contributed by atoms with Crippen LogP contribution in [-0.2, 0) is 4.79 Å². The number of aromatic nitrogens is 3. The smallest absolute Gasteiger partial charge is 0.345 e. The van der Waals surface area contributed by atoms with Crippen LogP contribution in [0.4, 0.5) is 27.8 Å². The predicted molar refractivity (Wildman–Crippen MR) is 84.6 cm³/mol. The first-order valence-corrected chi connectivity index (χ1v) is 8.01. The molecule has 0 saturated carbocycles. The first kappa shape index (κ1) is 18.9. The van der Waals surface area contributed by atoms with Gasteiger partial charge in [-0.3, -0.25) is 4.79 Å². The highest BCUT2D eigenvalue weighted by molar-refractivity contribution is 5.85. The maximum atomic E-state index is 14.3. The lowest BCUT2D eigenvalue weighted by molar-refractivity contribution is -0.139. The van der Waals surface area contributed by atoms with Gasteiger partial charge in [0.05, 0.1) is 11.8 Å². The maximum Gasteiger partial charge on any atom is 0.405 e. The Kier molecular flexibility index (Phi) is 5.19. The Morgan fingerprint density at radius 3 is 2.78 bits per heavy atom. The van der Waals surface area contributed by atoms with E-state index in [9.17, 15) is 26.7 Å². The molecule has 2 aromatic rings. The van der Waals surface area contributed by atoms with E-state index in [0.29, 0.717) is 6.42 Å². The number of hydrogen-bond donors (Lipinski definition) is 1. The molecule has 0 aliphatic carbocycles. The number of nitrogens with one attached hydrogen (secondary N) is 1. The molecule has 27 heavy (non-hydrogen) atoms. The van der Waals surface area contributed by atoms with Crippen LogP contribution in [0.1, 0.15) is 12.8 Å². The maximum absolute atomic E-state index is 14.3. The van der Waals surface area contributed by atoms with Crippen molar-refractivity contribution in [2.75, 3.05) is 18.0 Å². The largest absolute Gasteiger partial charge is 0.405 e. The SMILES string of the molecule is O=C(NCC(F)(F)F)[C@H]1CCCN1c1nc(-c2cccnc2F)ncc1F. The zero-order valence-corrected chi connectivity index (χ0v) is 13.8. The standard InChI is InChI=1S/C16H14F5N5O/c17-10-7-23-13(9-3-1-5-22-12(9)18)25-14(10)26-6-2-4-11(26)15(27)24-8-16(19,20)21/h1,3,5,7,11H,2,4,6,8H2,(H,24,27)/t11-/m1/s1. The quantitative estimate of drug-likeness (QED) is 0.645. The molecular formula is C16H14F5N5O. The molecule has 3 rings (SSSR count). The summed E-state index contributed by atoms with van der Waals surface area (Å²) in [6.07, 6.45) is -1.80. The average Bonchev–Trinajstić information content (AvgIpc) is 3.10. The molecule has 0 bridgehead atoms. The summed E-state index contributed by atoms with van der Waals surface area (Å²) in [5.41, 5.74) is -0.0592. The highest BCUT2D eigenvalue weighted by Gasteiger charge is 2.36. The van der Waals surface area contributed by atoms with Gasteiger partial charge in [-0.2, -0.15) is 17.6 Å². The summed E-state index contributed by atoms with van der Waals surface area (Å²) >= 11 is 0. The minimum atomic E-state index is -4.55. The number of nitrogens with zero attached hydrogens (tertiary/aromatic N) is 4. The van der Waals surface area contributed by atoms with Gasteiger partial charge in [-0.15, -0.1) is 0 Å². The molecule has 0 unspecified atom stereocenters. The molecule has 6 nitrogen and oxygen atoms in total. The van der Waals surface area contributed by atoms with Crippen molar-refractivity contribution in [1.82, 2.24) is 20.3 Å². The van der Waals surface area contributed by atoms with Gasteiger partial charge in [-0.05, 0) is 25.0 Å². The van der Waals surface area contributed by atoms with Crippen molar-refractivity contribution in [1.29, 1.82) is 0 Å². The third-order valence-corrected chi connectivity index (χ3v) is 4.02. The van der Waals surface area contributed by atoms with Gasteiger partial charge in [0.25, 0.3) is 0 Å². The predicted octanol–water partition coefficient (Wildman–Crippen LogP) is 2.46. The molecular weight excluding hydrogens is 373 g/mol. The Morgan fingerprint density at radius 2 is 2.07 bits per heavy atom. The van der Waals surface area contributed by atoms with E-state index in [4.69, 9.17) is 0 Å². The van der Waals surface area contributed by atoms with E-state index in [2.05, 4.69) is 15.0 Å². The summed E-state index contributed by atoms with van der Waals surface area (Å²) in [6, 6.07) is 1.80. The van der Waals surface area contributed by atoms with Crippen LogP contribution in [0, 0.1) is 11.8 Å². The Balaban J connectivity index is 1.87. The molecule has 0 radical (unpaired) electrons. The van der Waals surface area contributed by atoms with Crippen molar-refractivity contribution in [3.63, 3.8) is 0 Å². The van der Waals surface area contributed by atoms with Gasteiger partial charge in [0.15, 0.2) is 17.5 Å². The molecule has 1 fully saturated rings. The van der Waals surface area contributed by atoms with E-state index in [-0.39, 0.29) is 30.2 Å². The highest BCUT2D eigenvalue weighted by Crippen LogP contribution is 2.28. The Hall–Kier alpha value is -2.85. The number of hydrogen-bond acceptors (Lipinski definition) is 5. The van der Waals surface area contributed by atoms with Crippen LogP contribution in [0.5, 0.6) is 0 Å². The van der Waals surface area contributed by atoms with E-state index in [1.54, 1.807) is 5.32 Å². The summed E-state index contributed by atoms with van der Waals surface area (Å²) in [5, 5.41) is 1.80. The van der Waals surface area contributed by atoms with Crippen LogP contribution >= 0.6 is 0 Å². The first-order valence-electron chi connectivity index (χ1n) is 8.01. The van der Waals surface area contributed by atoms with Crippen molar-refractivity contribution >= 4 is 11.7 Å². The Labute approximate surface area is 150 Å². The molecule has 1 aliphatic rings. The van der Waals surface area contributed by atoms with Gasteiger partial charge < -0.3 is 10.2 Å². The molecule has 1 atom stereocenters. The minimum absolute atomic E-state index is 0.0592. The Morgan fingerprint density at radius 1 is 1.30 bits per heavy atom. The number of amides is 1. The monoisotopic (exact) mass is 387 g/mol. The van der Waals surface area contributed by atoms with Crippen LogP contribution in [0.3, 0.4) is 0 Å². The summed E-state index contributed by atoms with van der Waals surface area (Å²) in [7, 11) is 0. The van der Waals surface area contributed by atoms with Gasteiger partial charge in [-0.25, -0.2) is 19.3 Å². The molecule has 0 spiro atoms. The second kappa shape index (κ2) is 7.41. The van der Waals surface area contributed by atoms with E-state index in [1.165, 1.54) is 23.2 Å². The van der Waals surface area contributed by atoms with Crippen LogP contribution in [0.15, 0.2) is 24.5 Å². The molecule has 2 aromatic heterocycles. The number of rotatable bonds is 4. The average molecular weight is 387 g/mol. The highest BCUT2D eigenvalue weighted by atomic mass is 19.4. The number of carbonyl (C=O) groups is 1. The van der Waals surface area contributed by atoms with Crippen molar-refractivity contribution in [2.45, 2.75) is 25.1 Å². The topological polar surface area (TPSA) is 71.0 Å². The number of pyridine rings is 1. The van der Waals surface area contributed by atoms with Crippen LogP contribution in [0.25, 0.3) is 11.4 Å². The summed E-state index contributed by atoms with van der Waals surface area (Å²) in [6.45, 7) is -1.26. The van der Waals surface area contributed by atoms with Crippen LogP contribution < -0.4 is 10.2 Å². The zero-order chi connectivity index (χ0) is 19.6. The molecule has 1 aliphatic heterocycles. The van der Waals surface area contributed by atoms with Crippen molar-refractivity contribution in [3.05, 3.63) is 36.3 Å². The second-order valence-electron chi connectivity index (χ2n) is 5.89. The molecule has 1 saturated heterocycles. The summed E-state index contributed by atoms with van der Waals surface area (Å²) in [4.78, 5) is 24.6. The molecule has 144 valence electrons. The molecule has 3 heterocycles. The van der Waals surface area contributed by atoms with E-state index in [0.717, 1.165) is 6.20 Å². The van der Waals surface area contributed by atoms with Gasteiger partial charge in [0, 0.05) is 12.7 Å². The van der Waals surface area contributed by atoms with Crippen LogP contribution in [0.2, 0.25) is 0 Å². The number of alkyl halides is 3. The lowest BCUT2D eigenvalue weighted by atomic mass is 10.2. The fourth-order valence-corrected chi connectivity index (χ4v) is 2.84. The third kappa shape index (κ3) is 4.29. The van der Waals surface area contributed by atoms with Crippen molar-refractivity contribution < 1.29 is 26.7 Å². The fraction of sp³-hybridized carbons (Fsp3) is 0.375. The normalized spacial score (nSPS) is 17.2. The zero-order valence-electron chi connectivity index (χ0n) is 13.8. The van der Waals surface area contributed by atoms with E-state index in [1.807, 2.05) is 0 Å². The van der Waals surface area contributed by atoms with Gasteiger partial charge >= 0.3 is 6.18 Å². The van der Waals surface area contributed by atoms with Crippen molar-refractivity contribution in [2.24, 2.45) is 0 Å². The lowest BCUT2D eigenvalue weighted by Crippen LogP contribution is -2.46. The number of anilines is 1. The molecule has 1 amide bonds. The van der Waals surface area contributed by atoms with Gasteiger partial charge in [0.2, 0.25) is 11.9 Å². The van der Waals surface area contributed by atoms with Gasteiger partial charge in [-0.1, -0.05) is 0 Å². The fourth-order valence-electron chi connectivity index (χ4n) is 2.84. The first-order chi connectivity index (χ1) is 12.8. The minimum Gasteiger partial charge on any atom is -0.345 e. The molecule has 0 aromatic carbocycles. The number of halogens is 5. The van der Waals surface area contributed by atoms with E-state index < -0.39 is 36.4 Å². The molecule has 11 heteroatoms. The summed E-state index contributed by atoms with van der Waals surface area (Å²) in [5.74, 6) is -3.00. The Bertz CT molecular complexity index is 844. The second-order valence-corrected chi connectivity index (χ2v) is 5.89. The third-order valence-electron chi connectivity index (χ3n) is 4.02. The number of carbonyl (C=O) groups excluding carboxylic acids is 1. The van der Waals surface area contributed by atoms with E-state index >= 15 is 0 Å². The van der Waals surface area contributed by atoms with Crippen molar-refractivity contribution in [3.8, 4) is 11.4 Å². The molecule has 1 N–H and O–H groups in total. The summed E-state index contributed by atoms with van der Waals surface area (Å²) < 4.78 is 65.0. The van der Waals surface area contributed by atoms with Crippen LogP contribution in [-0.4, -0.2) is 46.2 Å². The van der Waals surface area contributed by atoms with Gasteiger partial charge in [0.1, 0.15) is 12.6 Å². The lowest BCUT2D eigenvalue weighted by Gasteiger charge is -2.25.